The average Bonchev–Trinajstić information content (AvgIpc) is 2.63. The fourth-order valence-electron chi connectivity index (χ4n) is 2.25. The fraction of sp³-hybridized carbons (Fsp3) is 0.222. The summed E-state index contributed by atoms with van der Waals surface area (Å²) in [7, 11) is -2.32. The lowest BCUT2D eigenvalue weighted by Crippen LogP contribution is -2.34. The van der Waals surface area contributed by atoms with Gasteiger partial charge in [0.1, 0.15) is 4.90 Å². The number of rotatable bonds is 6. The second kappa shape index (κ2) is 8.61. The van der Waals surface area contributed by atoms with Gasteiger partial charge in [-0.3, -0.25) is 9.52 Å². The molecule has 2 aromatic rings. The van der Waals surface area contributed by atoms with Crippen LogP contribution in [0.1, 0.15) is 23.7 Å². The summed E-state index contributed by atoms with van der Waals surface area (Å²) in [4.78, 5) is 13.7. The second-order valence-electron chi connectivity index (χ2n) is 5.88. The number of anilines is 1. The first kappa shape index (κ1) is 21.0. The third-order valence-corrected chi connectivity index (χ3v) is 6.03. The summed E-state index contributed by atoms with van der Waals surface area (Å²) in [5.74, 6) is -0.259. The van der Waals surface area contributed by atoms with Crippen LogP contribution in [-0.4, -0.2) is 32.3 Å². The van der Waals surface area contributed by atoms with Gasteiger partial charge in [0, 0.05) is 29.4 Å². The summed E-state index contributed by atoms with van der Waals surface area (Å²) >= 11 is 11.8. The summed E-state index contributed by atoms with van der Waals surface area (Å²) in [5.41, 5.74) is 0.654. The van der Waals surface area contributed by atoms with E-state index in [4.69, 9.17) is 28.5 Å². The van der Waals surface area contributed by atoms with Crippen molar-refractivity contribution in [3.8, 4) is 6.07 Å². The molecule has 1 atom stereocenters. The van der Waals surface area contributed by atoms with Gasteiger partial charge in [0.15, 0.2) is 0 Å². The van der Waals surface area contributed by atoms with Crippen LogP contribution in [0.4, 0.5) is 5.69 Å². The van der Waals surface area contributed by atoms with Gasteiger partial charge in [0.2, 0.25) is 0 Å². The molecule has 1 N–H and O–H groups in total. The first-order valence-corrected chi connectivity index (χ1v) is 10.1. The van der Waals surface area contributed by atoms with E-state index in [2.05, 4.69) is 4.72 Å². The highest BCUT2D eigenvalue weighted by Gasteiger charge is 2.20. The number of benzene rings is 2. The number of nitrogens with one attached hydrogen (secondary N) is 1. The number of hydrogen-bond acceptors (Lipinski definition) is 4. The lowest BCUT2D eigenvalue weighted by molar-refractivity contribution is 0.0746. The lowest BCUT2D eigenvalue weighted by atomic mass is 10.1. The molecule has 6 nitrogen and oxygen atoms in total. The van der Waals surface area contributed by atoms with E-state index in [1.165, 1.54) is 47.4 Å². The van der Waals surface area contributed by atoms with Crippen LogP contribution in [0.5, 0.6) is 0 Å². The van der Waals surface area contributed by atoms with Crippen molar-refractivity contribution in [2.75, 3.05) is 11.8 Å². The standard InChI is InChI=1S/C18H17Cl2N3O3S/c1-12(9-10-21)23(2)18(24)13-3-6-15(7-4-13)22-27(25,26)17-11-14(19)5-8-16(17)20/h3-8,11-12,22H,9H2,1-2H3. The van der Waals surface area contributed by atoms with Gasteiger partial charge in [0.25, 0.3) is 15.9 Å². The molecule has 0 fully saturated rings. The molecular formula is C18H17Cl2N3O3S. The number of carbonyl (C=O) groups is 1. The number of sulfonamides is 1. The maximum Gasteiger partial charge on any atom is 0.263 e. The van der Waals surface area contributed by atoms with Crippen LogP contribution >= 0.6 is 23.2 Å². The maximum atomic E-state index is 12.5. The Kier molecular flexibility index (Phi) is 6.71. The molecule has 0 saturated carbocycles. The fourth-order valence-corrected chi connectivity index (χ4v) is 4.07. The van der Waals surface area contributed by atoms with Gasteiger partial charge in [-0.2, -0.15) is 5.26 Å². The predicted octanol–water partition coefficient (Wildman–Crippen LogP) is 4.17. The summed E-state index contributed by atoms with van der Waals surface area (Å²) < 4.78 is 27.4. The molecule has 0 aromatic heterocycles. The Morgan fingerprint density at radius 3 is 2.44 bits per heavy atom. The number of halogens is 2. The van der Waals surface area contributed by atoms with Crippen LogP contribution in [0.2, 0.25) is 10.0 Å². The normalized spacial score (nSPS) is 12.1. The van der Waals surface area contributed by atoms with Crippen LogP contribution in [-0.2, 0) is 10.0 Å². The van der Waals surface area contributed by atoms with E-state index < -0.39 is 10.0 Å². The molecule has 142 valence electrons. The van der Waals surface area contributed by atoms with E-state index in [1.54, 1.807) is 14.0 Å². The van der Waals surface area contributed by atoms with Crippen molar-refractivity contribution in [1.82, 2.24) is 4.90 Å². The Labute approximate surface area is 168 Å². The molecule has 0 heterocycles. The number of carbonyl (C=O) groups excluding carboxylic acids is 1. The van der Waals surface area contributed by atoms with Gasteiger partial charge >= 0.3 is 0 Å². The number of amides is 1. The molecule has 9 heteroatoms. The molecule has 1 unspecified atom stereocenters. The van der Waals surface area contributed by atoms with Crippen LogP contribution < -0.4 is 4.72 Å². The van der Waals surface area contributed by atoms with Crippen molar-refractivity contribution in [2.24, 2.45) is 0 Å². The number of nitriles is 1. The van der Waals surface area contributed by atoms with Gasteiger partial charge in [-0.25, -0.2) is 8.42 Å². The molecule has 2 rings (SSSR count). The molecule has 0 aliphatic rings. The largest absolute Gasteiger partial charge is 0.338 e. The predicted molar refractivity (Wildman–Crippen MR) is 105 cm³/mol. The van der Waals surface area contributed by atoms with Crippen molar-refractivity contribution < 1.29 is 13.2 Å². The molecule has 0 radical (unpaired) electrons. The quantitative estimate of drug-likeness (QED) is 0.751. The van der Waals surface area contributed by atoms with Gasteiger partial charge in [-0.05, 0) is 49.4 Å². The van der Waals surface area contributed by atoms with E-state index in [9.17, 15) is 13.2 Å². The topological polar surface area (TPSA) is 90.3 Å². The van der Waals surface area contributed by atoms with Gasteiger partial charge in [-0.1, -0.05) is 23.2 Å². The monoisotopic (exact) mass is 425 g/mol. The van der Waals surface area contributed by atoms with E-state index in [-0.39, 0.29) is 39.0 Å². The van der Waals surface area contributed by atoms with Crippen molar-refractivity contribution in [1.29, 1.82) is 5.26 Å². The van der Waals surface area contributed by atoms with Crippen LogP contribution in [0.15, 0.2) is 47.4 Å². The Morgan fingerprint density at radius 2 is 1.85 bits per heavy atom. The van der Waals surface area contributed by atoms with Gasteiger partial charge < -0.3 is 4.90 Å². The summed E-state index contributed by atoms with van der Waals surface area (Å²) in [5, 5.41) is 9.04. The highest BCUT2D eigenvalue weighted by molar-refractivity contribution is 7.92. The van der Waals surface area contributed by atoms with E-state index in [0.717, 1.165) is 0 Å². The molecule has 0 aliphatic heterocycles. The zero-order valence-corrected chi connectivity index (χ0v) is 16.9. The van der Waals surface area contributed by atoms with Crippen molar-refractivity contribution in [3.63, 3.8) is 0 Å². The smallest absolute Gasteiger partial charge is 0.263 e. The van der Waals surface area contributed by atoms with Crippen LogP contribution in [0.25, 0.3) is 0 Å². The Bertz CT molecular complexity index is 986. The van der Waals surface area contributed by atoms with Crippen molar-refractivity contribution >= 4 is 44.8 Å². The zero-order valence-electron chi connectivity index (χ0n) is 14.6. The third kappa shape index (κ3) is 5.13. The summed E-state index contributed by atoms with van der Waals surface area (Å²) in [6, 6.07) is 11.9. The Balaban J connectivity index is 2.19. The van der Waals surface area contributed by atoms with Crippen molar-refractivity contribution in [2.45, 2.75) is 24.3 Å². The minimum atomic E-state index is -3.93. The van der Waals surface area contributed by atoms with E-state index in [1.807, 2.05) is 6.07 Å². The molecule has 1 amide bonds. The Morgan fingerprint density at radius 1 is 1.22 bits per heavy atom. The van der Waals surface area contributed by atoms with E-state index >= 15 is 0 Å². The van der Waals surface area contributed by atoms with Gasteiger partial charge in [-0.15, -0.1) is 0 Å². The highest BCUT2D eigenvalue weighted by Crippen LogP contribution is 2.27. The lowest BCUT2D eigenvalue weighted by Gasteiger charge is -2.23. The molecule has 2 aromatic carbocycles. The van der Waals surface area contributed by atoms with E-state index in [0.29, 0.717) is 5.56 Å². The van der Waals surface area contributed by atoms with Crippen LogP contribution in [0, 0.1) is 11.3 Å². The molecule has 0 spiro atoms. The average molecular weight is 426 g/mol. The van der Waals surface area contributed by atoms with Crippen LogP contribution in [0.3, 0.4) is 0 Å². The number of hydrogen-bond donors (Lipinski definition) is 1. The zero-order chi connectivity index (χ0) is 20.2. The first-order valence-electron chi connectivity index (χ1n) is 7.87. The first-order chi connectivity index (χ1) is 12.7. The van der Waals surface area contributed by atoms with Gasteiger partial charge in [0.05, 0.1) is 17.5 Å². The Hall–Kier alpha value is -2.27. The minimum Gasteiger partial charge on any atom is -0.338 e. The summed E-state index contributed by atoms with van der Waals surface area (Å²) in [6.07, 6.45) is 0.223. The molecule has 0 bridgehead atoms. The molecule has 0 saturated heterocycles. The second-order valence-corrected chi connectivity index (χ2v) is 8.38. The molecular weight excluding hydrogens is 409 g/mol. The molecule has 27 heavy (non-hydrogen) atoms. The van der Waals surface area contributed by atoms with Crippen molar-refractivity contribution in [3.05, 3.63) is 58.1 Å². The highest BCUT2D eigenvalue weighted by atomic mass is 35.5. The third-order valence-electron chi connectivity index (χ3n) is 3.94. The molecule has 0 aliphatic carbocycles. The maximum absolute atomic E-state index is 12.5. The number of nitrogens with zero attached hydrogens (tertiary/aromatic N) is 2. The SMILES string of the molecule is CC(CC#N)N(C)C(=O)c1ccc(NS(=O)(=O)c2cc(Cl)ccc2Cl)cc1. The summed E-state index contributed by atoms with van der Waals surface area (Å²) in [6.45, 7) is 1.78. The minimum absolute atomic E-state index is 0.0480.